The molecule has 4 rings (SSSR count). The van der Waals surface area contributed by atoms with Gasteiger partial charge in [0, 0.05) is 33.2 Å². The fraction of sp³-hybridized carbons (Fsp3) is 0.0833. The summed E-state index contributed by atoms with van der Waals surface area (Å²) in [6.07, 6.45) is 2.05. The van der Waals surface area contributed by atoms with Gasteiger partial charge in [-0.15, -0.1) is 0 Å². The van der Waals surface area contributed by atoms with Crippen molar-refractivity contribution >= 4 is 34.1 Å². The maximum atomic E-state index is 4.48. The van der Waals surface area contributed by atoms with Crippen molar-refractivity contribution in [2.45, 2.75) is 10.9 Å². The van der Waals surface area contributed by atoms with Crippen LogP contribution in [0.5, 0.6) is 0 Å². The number of H-pyrrole nitrogens is 1. The number of aromatic nitrogens is 1. The van der Waals surface area contributed by atoms with Gasteiger partial charge in [-0.2, -0.15) is 0 Å². The smallest absolute Gasteiger partial charge is 0.0768 e. The number of hydrogen-bond donors (Lipinski definition) is 3. The van der Waals surface area contributed by atoms with Gasteiger partial charge in [-0.25, -0.2) is 0 Å². The second kappa shape index (κ2) is 8.38. The Labute approximate surface area is 170 Å². The van der Waals surface area contributed by atoms with Crippen LogP contribution in [0.4, 0.5) is 5.69 Å². The van der Waals surface area contributed by atoms with Crippen molar-refractivity contribution in [2.24, 2.45) is 0 Å². The van der Waals surface area contributed by atoms with Gasteiger partial charge >= 0.3 is 0 Å². The minimum Gasteiger partial charge on any atom is -0.374 e. The van der Waals surface area contributed by atoms with E-state index in [1.165, 1.54) is 10.9 Å². The van der Waals surface area contributed by atoms with E-state index in [1.54, 1.807) is 11.9 Å². The van der Waals surface area contributed by atoms with Crippen LogP contribution in [-0.4, -0.2) is 12.0 Å². The Morgan fingerprint density at radius 2 is 1.75 bits per heavy atom. The standard InChI is InChI=1S/C24H23N3S/c1-17(22-16-26-23-14-7-6-13-21(22)23)24(18-9-4-3-5-10-18)27-19-11-8-12-20(15-19)28-25-2/h3-16,24-27H,1H2,2H3. The molecule has 140 valence electrons. The van der Waals surface area contributed by atoms with Gasteiger partial charge in [0.25, 0.3) is 0 Å². The molecule has 1 atom stereocenters. The maximum Gasteiger partial charge on any atom is 0.0768 e. The Bertz CT molecular complexity index is 1090. The van der Waals surface area contributed by atoms with E-state index in [4.69, 9.17) is 0 Å². The van der Waals surface area contributed by atoms with E-state index in [-0.39, 0.29) is 6.04 Å². The molecule has 0 bridgehead atoms. The summed E-state index contributed by atoms with van der Waals surface area (Å²) in [6.45, 7) is 4.48. The summed E-state index contributed by atoms with van der Waals surface area (Å²) in [5.74, 6) is 0. The molecule has 0 spiro atoms. The first-order valence-corrected chi connectivity index (χ1v) is 10.1. The van der Waals surface area contributed by atoms with Crippen molar-refractivity contribution in [2.75, 3.05) is 12.4 Å². The number of fused-ring (bicyclic) bond motifs is 1. The fourth-order valence-electron chi connectivity index (χ4n) is 3.44. The normalized spacial score (nSPS) is 12.0. The first-order chi connectivity index (χ1) is 13.8. The average Bonchev–Trinajstić information content (AvgIpc) is 3.17. The molecule has 3 aromatic carbocycles. The highest BCUT2D eigenvalue weighted by Gasteiger charge is 2.19. The molecule has 28 heavy (non-hydrogen) atoms. The van der Waals surface area contributed by atoms with Crippen LogP contribution in [0.1, 0.15) is 17.2 Å². The quantitative estimate of drug-likeness (QED) is 0.329. The molecule has 0 aliphatic rings. The zero-order valence-electron chi connectivity index (χ0n) is 15.8. The molecule has 0 saturated heterocycles. The van der Waals surface area contributed by atoms with Crippen molar-refractivity contribution in [3.05, 3.63) is 103 Å². The minimum absolute atomic E-state index is 0.0322. The van der Waals surface area contributed by atoms with Crippen LogP contribution >= 0.6 is 11.9 Å². The highest BCUT2D eigenvalue weighted by atomic mass is 32.2. The van der Waals surface area contributed by atoms with Crippen molar-refractivity contribution in [1.29, 1.82) is 0 Å². The van der Waals surface area contributed by atoms with E-state index < -0.39 is 0 Å². The number of anilines is 1. The Morgan fingerprint density at radius 3 is 2.57 bits per heavy atom. The molecule has 0 radical (unpaired) electrons. The molecule has 4 aromatic rings. The summed E-state index contributed by atoms with van der Waals surface area (Å²) in [5.41, 5.74) is 5.55. The average molecular weight is 386 g/mol. The van der Waals surface area contributed by atoms with E-state index in [2.05, 4.69) is 94.5 Å². The topological polar surface area (TPSA) is 39.9 Å². The first-order valence-electron chi connectivity index (χ1n) is 9.26. The molecule has 1 aromatic heterocycles. The number of nitrogens with one attached hydrogen (secondary N) is 3. The molecule has 0 saturated carbocycles. The van der Waals surface area contributed by atoms with Crippen LogP contribution in [0.25, 0.3) is 16.5 Å². The van der Waals surface area contributed by atoms with Crippen LogP contribution < -0.4 is 10.0 Å². The predicted molar refractivity (Wildman–Crippen MR) is 121 cm³/mol. The van der Waals surface area contributed by atoms with E-state index in [0.717, 1.165) is 27.2 Å². The molecule has 4 heteroatoms. The van der Waals surface area contributed by atoms with Gasteiger partial charge in [0.2, 0.25) is 0 Å². The number of para-hydroxylation sites is 1. The maximum absolute atomic E-state index is 4.48. The second-order valence-electron chi connectivity index (χ2n) is 6.60. The van der Waals surface area contributed by atoms with E-state index in [9.17, 15) is 0 Å². The molecule has 0 aliphatic heterocycles. The third-order valence-electron chi connectivity index (χ3n) is 4.78. The largest absolute Gasteiger partial charge is 0.374 e. The van der Waals surface area contributed by atoms with Gasteiger partial charge in [0.05, 0.1) is 6.04 Å². The number of aromatic amines is 1. The molecule has 0 fully saturated rings. The lowest BCUT2D eigenvalue weighted by Crippen LogP contribution is -2.12. The molecular weight excluding hydrogens is 362 g/mol. The van der Waals surface area contributed by atoms with Gasteiger partial charge in [-0.1, -0.05) is 61.2 Å². The zero-order chi connectivity index (χ0) is 19.3. The van der Waals surface area contributed by atoms with Crippen LogP contribution in [0.2, 0.25) is 0 Å². The number of hydrogen-bond acceptors (Lipinski definition) is 3. The first kappa shape index (κ1) is 18.4. The molecule has 0 amide bonds. The molecule has 0 aliphatic carbocycles. The summed E-state index contributed by atoms with van der Waals surface area (Å²) in [4.78, 5) is 4.53. The molecule has 3 N–H and O–H groups in total. The highest BCUT2D eigenvalue weighted by Crippen LogP contribution is 2.35. The SMILES string of the molecule is C=C(c1c[nH]c2ccccc12)C(Nc1cccc(SNC)c1)c1ccccc1. The van der Waals surface area contributed by atoms with Gasteiger partial charge in [0.15, 0.2) is 0 Å². The summed E-state index contributed by atoms with van der Waals surface area (Å²) < 4.78 is 3.13. The van der Waals surface area contributed by atoms with Gasteiger partial charge in [0.1, 0.15) is 0 Å². The molecular formula is C24H23N3S. The monoisotopic (exact) mass is 385 g/mol. The molecule has 3 nitrogen and oxygen atoms in total. The lowest BCUT2D eigenvalue weighted by atomic mass is 9.93. The lowest BCUT2D eigenvalue weighted by Gasteiger charge is -2.23. The minimum atomic E-state index is -0.0322. The van der Waals surface area contributed by atoms with Crippen LogP contribution in [0.3, 0.4) is 0 Å². The van der Waals surface area contributed by atoms with Crippen molar-refractivity contribution in [3.8, 4) is 0 Å². The molecule has 1 unspecified atom stereocenters. The number of benzene rings is 3. The van der Waals surface area contributed by atoms with E-state index in [1.807, 2.05) is 19.2 Å². The van der Waals surface area contributed by atoms with Gasteiger partial charge in [-0.05, 0) is 54.4 Å². The Kier molecular flexibility index (Phi) is 5.51. The predicted octanol–water partition coefficient (Wildman–Crippen LogP) is 6.26. The summed E-state index contributed by atoms with van der Waals surface area (Å²) in [6, 6.07) is 27.2. The zero-order valence-corrected chi connectivity index (χ0v) is 16.6. The van der Waals surface area contributed by atoms with E-state index >= 15 is 0 Å². The third kappa shape index (κ3) is 3.84. The third-order valence-corrected chi connectivity index (χ3v) is 5.48. The summed E-state index contributed by atoms with van der Waals surface area (Å²) in [5, 5.41) is 4.88. The Morgan fingerprint density at radius 1 is 0.964 bits per heavy atom. The highest BCUT2D eigenvalue weighted by molar-refractivity contribution is 7.97. The second-order valence-corrected chi connectivity index (χ2v) is 7.68. The molecule has 1 heterocycles. The van der Waals surface area contributed by atoms with Crippen molar-refractivity contribution < 1.29 is 0 Å². The van der Waals surface area contributed by atoms with Gasteiger partial charge in [-0.3, -0.25) is 4.72 Å². The van der Waals surface area contributed by atoms with Crippen LogP contribution in [0, 0.1) is 0 Å². The lowest BCUT2D eigenvalue weighted by molar-refractivity contribution is 1.01. The van der Waals surface area contributed by atoms with Crippen LogP contribution in [-0.2, 0) is 0 Å². The number of rotatable bonds is 7. The Balaban J connectivity index is 1.72. The Hall–Kier alpha value is -2.95. The fourth-order valence-corrected chi connectivity index (χ4v) is 4.01. The van der Waals surface area contributed by atoms with Crippen molar-refractivity contribution in [3.63, 3.8) is 0 Å². The van der Waals surface area contributed by atoms with E-state index in [0.29, 0.717) is 0 Å². The summed E-state index contributed by atoms with van der Waals surface area (Å²) >= 11 is 1.60. The van der Waals surface area contributed by atoms with Gasteiger partial charge < -0.3 is 10.3 Å². The van der Waals surface area contributed by atoms with Crippen molar-refractivity contribution in [1.82, 2.24) is 9.71 Å². The van der Waals surface area contributed by atoms with Crippen LogP contribution in [0.15, 0.2) is 96.5 Å². The summed E-state index contributed by atoms with van der Waals surface area (Å²) in [7, 11) is 1.93.